The Morgan fingerprint density at radius 2 is 2.00 bits per heavy atom. The Kier molecular flexibility index (Phi) is 6.09. The van der Waals surface area contributed by atoms with Crippen LogP contribution in [0, 0.1) is 0 Å². The molecular weight excluding hydrogens is 398 g/mol. The van der Waals surface area contributed by atoms with E-state index >= 15 is 0 Å². The molecule has 6 nitrogen and oxygen atoms in total. The van der Waals surface area contributed by atoms with Gasteiger partial charge in [-0.25, -0.2) is 4.98 Å². The third kappa shape index (κ3) is 4.52. The quantitative estimate of drug-likeness (QED) is 0.609. The van der Waals surface area contributed by atoms with E-state index in [1.807, 2.05) is 60.8 Å². The van der Waals surface area contributed by atoms with Crippen LogP contribution in [0.3, 0.4) is 0 Å². The van der Waals surface area contributed by atoms with Crippen molar-refractivity contribution >= 4 is 34.5 Å². The summed E-state index contributed by atoms with van der Waals surface area (Å²) in [6, 6.07) is 15.2. The lowest BCUT2D eigenvalue weighted by atomic mass is 10.2. The Morgan fingerprint density at radius 1 is 1.20 bits per heavy atom. The summed E-state index contributed by atoms with van der Waals surface area (Å²) in [7, 11) is 0. The van der Waals surface area contributed by atoms with E-state index in [4.69, 9.17) is 4.74 Å². The summed E-state index contributed by atoms with van der Waals surface area (Å²) >= 11 is 1.50. The molecule has 154 valence electrons. The van der Waals surface area contributed by atoms with Gasteiger partial charge in [0.15, 0.2) is 0 Å². The van der Waals surface area contributed by atoms with Crippen molar-refractivity contribution in [2.24, 2.45) is 0 Å². The van der Waals surface area contributed by atoms with Gasteiger partial charge in [-0.15, -0.1) is 11.3 Å². The van der Waals surface area contributed by atoms with Gasteiger partial charge in [-0.1, -0.05) is 12.1 Å². The fourth-order valence-corrected chi connectivity index (χ4v) is 4.30. The second-order valence-corrected chi connectivity index (χ2v) is 7.85. The molecule has 0 bridgehead atoms. The van der Waals surface area contributed by atoms with Crippen molar-refractivity contribution < 1.29 is 14.3 Å². The van der Waals surface area contributed by atoms with E-state index in [1.165, 1.54) is 11.3 Å². The van der Waals surface area contributed by atoms with Crippen molar-refractivity contribution in [2.75, 3.05) is 23.4 Å². The Morgan fingerprint density at radius 3 is 2.73 bits per heavy atom. The molecule has 1 aromatic heterocycles. The molecule has 1 N–H and O–H groups in total. The van der Waals surface area contributed by atoms with E-state index in [1.54, 1.807) is 4.90 Å². The molecule has 30 heavy (non-hydrogen) atoms. The average Bonchev–Trinajstić information content (AvgIpc) is 3.38. The lowest BCUT2D eigenvalue weighted by Crippen LogP contribution is -2.23. The number of carbonyl (C=O) groups is 2. The van der Waals surface area contributed by atoms with Crippen LogP contribution in [-0.2, 0) is 16.0 Å². The second-order valence-electron chi connectivity index (χ2n) is 6.99. The third-order valence-electron chi connectivity index (χ3n) is 4.85. The summed E-state index contributed by atoms with van der Waals surface area (Å²) in [5.74, 6) is 0.814. The van der Waals surface area contributed by atoms with Crippen LogP contribution in [0.2, 0.25) is 0 Å². The molecule has 0 radical (unpaired) electrons. The smallest absolute Gasteiger partial charge is 0.230 e. The Balaban J connectivity index is 1.39. The van der Waals surface area contributed by atoms with Crippen LogP contribution < -0.4 is 15.0 Å². The second kappa shape index (κ2) is 9.09. The first-order valence-electron chi connectivity index (χ1n) is 10.0. The lowest BCUT2D eigenvalue weighted by molar-refractivity contribution is -0.117. The summed E-state index contributed by atoms with van der Waals surface area (Å²) in [5.41, 5.74) is 3.22. The van der Waals surface area contributed by atoms with E-state index in [-0.39, 0.29) is 18.2 Å². The van der Waals surface area contributed by atoms with E-state index < -0.39 is 0 Å². The SMILES string of the molecule is CCOc1ccccc1-c1nc(CC(=O)Nc2ccc(N3CCCC3=O)cc2)cs1. The van der Waals surface area contributed by atoms with Crippen LogP contribution in [-0.4, -0.2) is 29.9 Å². The zero-order chi connectivity index (χ0) is 20.9. The van der Waals surface area contributed by atoms with Gasteiger partial charge in [0, 0.05) is 29.7 Å². The van der Waals surface area contributed by atoms with Gasteiger partial charge in [0.1, 0.15) is 10.8 Å². The molecule has 0 spiro atoms. The largest absolute Gasteiger partial charge is 0.493 e. The van der Waals surface area contributed by atoms with Gasteiger partial charge >= 0.3 is 0 Å². The molecule has 2 aromatic carbocycles. The number of hydrogen-bond acceptors (Lipinski definition) is 5. The van der Waals surface area contributed by atoms with Crippen LogP contribution in [0.5, 0.6) is 5.75 Å². The molecule has 0 saturated carbocycles. The van der Waals surface area contributed by atoms with Crippen LogP contribution in [0.25, 0.3) is 10.6 Å². The fraction of sp³-hybridized carbons (Fsp3) is 0.261. The molecule has 4 rings (SSSR count). The Bertz CT molecular complexity index is 1050. The van der Waals surface area contributed by atoms with Crippen molar-refractivity contribution in [3.05, 3.63) is 59.6 Å². The van der Waals surface area contributed by atoms with Gasteiger partial charge in [-0.2, -0.15) is 0 Å². The first kappa shape index (κ1) is 20.1. The number of para-hydroxylation sites is 1. The number of aromatic nitrogens is 1. The number of ether oxygens (including phenoxy) is 1. The lowest BCUT2D eigenvalue weighted by Gasteiger charge is -2.16. The summed E-state index contributed by atoms with van der Waals surface area (Å²) in [5, 5.41) is 5.63. The summed E-state index contributed by atoms with van der Waals surface area (Å²) in [6.07, 6.45) is 1.69. The highest BCUT2D eigenvalue weighted by molar-refractivity contribution is 7.13. The fourth-order valence-electron chi connectivity index (χ4n) is 3.45. The molecule has 2 amide bonds. The van der Waals surface area contributed by atoms with Gasteiger partial charge in [0.05, 0.1) is 24.3 Å². The topological polar surface area (TPSA) is 71.5 Å². The van der Waals surface area contributed by atoms with Gasteiger partial charge in [0.2, 0.25) is 11.8 Å². The first-order chi connectivity index (χ1) is 14.6. The van der Waals surface area contributed by atoms with E-state index in [9.17, 15) is 9.59 Å². The van der Waals surface area contributed by atoms with Crippen LogP contribution in [0.4, 0.5) is 11.4 Å². The Labute approximate surface area is 179 Å². The number of amides is 2. The normalized spacial score (nSPS) is 13.5. The number of carbonyl (C=O) groups excluding carboxylic acids is 2. The minimum atomic E-state index is -0.130. The number of nitrogens with zero attached hydrogens (tertiary/aromatic N) is 2. The highest BCUT2D eigenvalue weighted by atomic mass is 32.1. The number of benzene rings is 2. The highest BCUT2D eigenvalue weighted by Gasteiger charge is 2.21. The summed E-state index contributed by atoms with van der Waals surface area (Å²) in [6.45, 7) is 3.29. The summed E-state index contributed by atoms with van der Waals surface area (Å²) in [4.78, 5) is 30.7. The monoisotopic (exact) mass is 421 g/mol. The average molecular weight is 422 g/mol. The first-order valence-corrected chi connectivity index (χ1v) is 10.9. The van der Waals surface area contributed by atoms with Crippen molar-refractivity contribution in [3.8, 4) is 16.3 Å². The molecule has 1 fully saturated rings. The molecule has 0 atom stereocenters. The molecule has 1 aliphatic rings. The number of rotatable bonds is 7. The van der Waals surface area contributed by atoms with E-state index in [2.05, 4.69) is 10.3 Å². The molecular formula is C23H23N3O3S. The third-order valence-corrected chi connectivity index (χ3v) is 5.77. The number of anilines is 2. The Hall–Kier alpha value is -3.19. The number of hydrogen-bond donors (Lipinski definition) is 1. The predicted octanol–water partition coefficient (Wildman–Crippen LogP) is 4.52. The van der Waals surface area contributed by atoms with Crippen LogP contribution in [0.15, 0.2) is 53.9 Å². The molecule has 2 heterocycles. The highest BCUT2D eigenvalue weighted by Crippen LogP contribution is 2.32. The molecule has 0 unspecified atom stereocenters. The maximum Gasteiger partial charge on any atom is 0.230 e. The number of nitrogens with one attached hydrogen (secondary N) is 1. The van der Waals surface area contributed by atoms with Gasteiger partial charge in [-0.05, 0) is 49.7 Å². The van der Waals surface area contributed by atoms with Gasteiger partial charge in [0.25, 0.3) is 0 Å². The minimum Gasteiger partial charge on any atom is -0.493 e. The zero-order valence-electron chi connectivity index (χ0n) is 16.8. The molecule has 1 aliphatic heterocycles. The maximum absolute atomic E-state index is 12.5. The van der Waals surface area contributed by atoms with Gasteiger partial charge in [-0.3, -0.25) is 9.59 Å². The maximum atomic E-state index is 12.5. The zero-order valence-corrected chi connectivity index (χ0v) is 17.6. The van der Waals surface area contributed by atoms with Crippen molar-refractivity contribution in [2.45, 2.75) is 26.2 Å². The minimum absolute atomic E-state index is 0.130. The van der Waals surface area contributed by atoms with Gasteiger partial charge < -0.3 is 15.0 Å². The molecule has 1 saturated heterocycles. The van der Waals surface area contributed by atoms with Crippen LogP contribution >= 0.6 is 11.3 Å². The molecule has 7 heteroatoms. The molecule has 0 aliphatic carbocycles. The molecule has 3 aromatic rings. The number of thiazole rings is 1. The van der Waals surface area contributed by atoms with E-state index in [0.29, 0.717) is 18.7 Å². The van der Waals surface area contributed by atoms with Crippen molar-refractivity contribution in [3.63, 3.8) is 0 Å². The summed E-state index contributed by atoms with van der Waals surface area (Å²) < 4.78 is 5.68. The van der Waals surface area contributed by atoms with Crippen molar-refractivity contribution in [1.82, 2.24) is 4.98 Å². The predicted molar refractivity (Wildman–Crippen MR) is 119 cm³/mol. The van der Waals surface area contributed by atoms with Crippen molar-refractivity contribution in [1.29, 1.82) is 0 Å². The standard InChI is InChI=1S/C23H23N3O3S/c1-2-29-20-7-4-3-6-19(20)23-25-17(15-30-23)14-21(27)24-16-9-11-18(12-10-16)26-13-5-8-22(26)28/h3-4,6-7,9-12,15H,2,5,8,13-14H2,1H3,(H,24,27). The van der Waals surface area contributed by atoms with E-state index in [0.717, 1.165) is 40.7 Å². The van der Waals surface area contributed by atoms with Crippen LogP contribution in [0.1, 0.15) is 25.5 Å².